The molecule has 0 spiro atoms. The summed E-state index contributed by atoms with van der Waals surface area (Å²) in [6.45, 7) is 9.37. The molecule has 0 radical (unpaired) electrons. The molecule has 3 aromatic rings. The topological polar surface area (TPSA) is 115 Å². The summed E-state index contributed by atoms with van der Waals surface area (Å²) in [5.41, 5.74) is 0.00346. The molecule has 2 aromatic heterocycles. The van der Waals surface area contributed by atoms with E-state index in [0.717, 1.165) is 0 Å². The van der Waals surface area contributed by atoms with Crippen molar-refractivity contribution in [1.29, 1.82) is 0 Å². The van der Waals surface area contributed by atoms with Gasteiger partial charge in [0.15, 0.2) is 23.0 Å². The lowest BCUT2D eigenvalue weighted by Crippen LogP contribution is -2.49. The van der Waals surface area contributed by atoms with Gasteiger partial charge in [0.1, 0.15) is 37.8 Å². The second-order valence-electron chi connectivity index (χ2n) is 12.0. The van der Waals surface area contributed by atoms with Crippen LogP contribution in [0, 0.1) is 5.82 Å². The number of carbonyl (C=O) groups excluding carboxylic acids is 1. The van der Waals surface area contributed by atoms with Crippen LogP contribution >= 0.6 is 0 Å². The standard InChI is InChI=1S/C31H37FN4O7/c1-31(2,3)43-30(38)36(18-19-16-24-25(17-33-19)41-13-12-40-24)20-6-9-35(10-7-20)11-8-22-26(32)21-4-5-23-28(42-15-14-39-23)27(21)34-29(22)37/h4-5,16-17,20H,6-15,18H2,1-3H3,(H,34,37). The predicted molar refractivity (Wildman–Crippen MR) is 156 cm³/mol. The van der Waals surface area contributed by atoms with Gasteiger partial charge in [-0.25, -0.2) is 9.18 Å². The Morgan fingerprint density at radius 2 is 1.77 bits per heavy atom. The Kier molecular flexibility index (Phi) is 8.04. The van der Waals surface area contributed by atoms with Crippen LogP contribution in [0.3, 0.4) is 0 Å². The molecule has 1 saturated heterocycles. The van der Waals surface area contributed by atoms with Crippen molar-refractivity contribution in [2.24, 2.45) is 0 Å². The van der Waals surface area contributed by atoms with E-state index in [9.17, 15) is 9.59 Å². The molecule has 0 bridgehead atoms. The molecule has 0 atom stereocenters. The number of aromatic amines is 1. The highest BCUT2D eigenvalue weighted by atomic mass is 19.1. The highest BCUT2D eigenvalue weighted by Crippen LogP contribution is 2.37. The summed E-state index contributed by atoms with van der Waals surface area (Å²) in [6.07, 6.45) is 2.88. The summed E-state index contributed by atoms with van der Waals surface area (Å²) >= 11 is 0. The average Bonchev–Trinajstić information content (AvgIpc) is 2.99. The number of amides is 1. The highest BCUT2D eigenvalue weighted by Gasteiger charge is 2.32. The van der Waals surface area contributed by atoms with Crippen molar-refractivity contribution in [3.05, 3.63) is 51.8 Å². The fourth-order valence-corrected chi connectivity index (χ4v) is 5.74. The minimum absolute atomic E-state index is 0.0738. The number of pyridine rings is 2. The van der Waals surface area contributed by atoms with Crippen LogP contribution in [0.15, 0.2) is 29.2 Å². The van der Waals surface area contributed by atoms with Crippen LogP contribution in [-0.4, -0.2) is 83.6 Å². The zero-order valence-corrected chi connectivity index (χ0v) is 24.7. The molecule has 3 aliphatic rings. The molecule has 43 heavy (non-hydrogen) atoms. The Bertz CT molecular complexity index is 1560. The third kappa shape index (κ3) is 6.34. The number of hydrogen-bond donors (Lipinski definition) is 1. The van der Waals surface area contributed by atoms with Crippen LogP contribution in [0.4, 0.5) is 9.18 Å². The molecule has 1 fully saturated rings. The fraction of sp³-hybridized carbons (Fsp3) is 0.516. The van der Waals surface area contributed by atoms with E-state index in [-0.39, 0.29) is 24.6 Å². The summed E-state index contributed by atoms with van der Waals surface area (Å²) in [5.74, 6) is 1.54. The van der Waals surface area contributed by atoms with Gasteiger partial charge in [0, 0.05) is 37.1 Å². The van der Waals surface area contributed by atoms with Gasteiger partial charge in [-0.3, -0.25) is 14.7 Å². The summed E-state index contributed by atoms with van der Waals surface area (Å²) in [7, 11) is 0. The number of carbonyl (C=O) groups is 1. The van der Waals surface area contributed by atoms with Crippen LogP contribution < -0.4 is 24.5 Å². The molecule has 0 aliphatic carbocycles. The number of halogens is 1. The quantitative estimate of drug-likeness (QED) is 0.450. The van der Waals surface area contributed by atoms with E-state index in [1.54, 1.807) is 23.2 Å². The maximum Gasteiger partial charge on any atom is 0.410 e. The number of piperidine rings is 1. The first-order valence-electron chi connectivity index (χ1n) is 14.8. The van der Waals surface area contributed by atoms with Gasteiger partial charge in [-0.1, -0.05) is 0 Å². The lowest BCUT2D eigenvalue weighted by Gasteiger charge is -2.39. The summed E-state index contributed by atoms with van der Waals surface area (Å²) in [6, 6.07) is 5.02. The first-order valence-corrected chi connectivity index (χ1v) is 14.8. The number of ether oxygens (including phenoxy) is 5. The molecule has 0 unspecified atom stereocenters. The number of nitrogens with zero attached hydrogens (tertiary/aromatic N) is 3. The normalized spacial score (nSPS) is 17.1. The molecule has 5 heterocycles. The van der Waals surface area contributed by atoms with Gasteiger partial charge in [0.05, 0.1) is 29.5 Å². The van der Waals surface area contributed by atoms with Crippen molar-refractivity contribution >= 4 is 17.0 Å². The maximum absolute atomic E-state index is 15.5. The van der Waals surface area contributed by atoms with Crippen LogP contribution in [0.25, 0.3) is 10.9 Å². The monoisotopic (exact) mass is 596 g/mol. The Morgan fingerprint density at radius 3 is 2.51 bits per heavy atom. The minimum Gasteiger partial charge on any atom is -0.486 e. The molecule has 230 valence electrons. The van der Waals surface area contributed by atoms with E-state index in [4.69, 9.17) is 23.7 Å². The fourth-order valence-electron chi connectivity index (χ4n) is 5.74. The van der Waals surface area contributed by atoms with E-state index >= 15 is 4.39 Å². The number of fused-ring (bicyclic) bond motifs is 4. The second kappa shape index (κ2) is 11.9. The number of hydrogen-bond acceptors (Lipinski definition) is 9. The number of benzene rings is 1. The molecular weight excluding hydrogens is 559 g/mol. The number of H-pyrrole nitrogens is 1. The maximum atomic E-state index is 15.5. The number of rotatable bonds is 6. The van der Waals surface area contributed by atoms with Crippen molar-refractivity contribution < 1.29 is 32.9 Å². The molecule has 1 aromatic carbocycles. The molecular formula is C31H37FN4O7. The summed E-state index contributed by atoms with van der Waals surface area (Å²) in [4.78, 5) is 37.5. The van der Waals surface area contributed by atoms with Crippen molar-refractivity contribution in [2.75, 3.05) is 46.1 Å². The number of likely N-dealkylation sites (tertiary alicyclic amines) is 1. The summed E-state index contributed by atoms with van der Waals surface area (Å²) in [5, 5.41) is 0.304. The molecule has 12 heteroatoms. The third-order valence-electron chi connectivity index (χ3n) is 7.85. The zero-order valence-electron chi connectivity index (χ0n) is 24.7. The first-order chi connectivity index (χ1) is 20.7. The van der Waals surface area contributed by atoms with Crippen molar-refractivity contribution in [3.63, 3.8) is 0 Å². The van der Waals surface area contributed by atoms with Gasteiger partial charge in [-0.2, -0.15) is 0 Å². The minimum atomic E-state index is -0.647. The molecule has 1 N–H and O–H groups in total. The Hall–Kier alpha value is -4.06. The van der Waals surface area contributed by atoms with Gasteiger partial charge in [-0.05, 0) is 52.2 Å². The Morgan fingerprint density at radius 1 is 1.07 bits per heavy atom. The van der Waals surface area contributed by atoms with E-state index in [1.165, 1.54) is 0 Å². The first kappa shape index (κ1) is 29.0. The summed E-state index contributed by atoms with van der Waals surface area (Å²) < 4.78 is 43.8. The average molecular weight is 597 g/mol. The zero-order chi connectivity index (χ0) is 30.1. The third-order valence-corrected chi connectivity index (χ3v) is 7.85. The van der Waals surface area contributed by atoms with Crippen molar-refractivity contribution in [3.8, 4) is 23.0 Å². The van der Waals surface area contributed by atoms with Gasteiger partial charge in [-0.15, -0.1) is 0 Å². The van der Waals surface area contributed by atoms with E-state index in [2.05, 4.69) is 14.9 Å². The predicted octanol–water partition coefficient (Wildman–Crippen LogP) is 4.05. The molecule has 1 amide bonds. The smallest absolute Gasteiger partial charge is 0.410 e. The lowest BCUT2D eigenvalue weighted by molar-refractivity contribution is 0.00547. The lowest BCUT2D eigenvalue weighted by atomic mass is 10.0. The van der Waals surface area contributed by atoms with E-state index < -0.39 is 23.1 Å². The van der Waals surface area contributed by atoms with Crippen molar-refractivity contribution in [2.45, 2.75) is 58.2 Å². The van der Waals surface area contributed by atoms with Crippen LogP contribution in [0.2, 0.25) is 0 Å². The molecule has 3 aliphatic heterocycles. The Balaban J connectivity index is 1.12. The molecule has 6 rings (SSSR count). The van der Waals surface area contributed by atoms with Crippen LogP contribution in [-0.2, 0) is 17.7 Å². The SMILES string of the molecule is CC(C)(C)OC(=O)N(Cc1cc2c(cn1)OCCO2)C1CCN(CCc2c(F)c3ccc4c(c3[nH]c2=O)OCCO4)CC1. The van der Waals surface area contributed by atoms with Crippen LogP contribution in [0.5, 0.6) is 23.0 Å². The van der Waals surface area contributed by atoms with Gasteiger partial charge in [0.25, 0.3) is 5.56 Å². The highest BCUT2D eigenvalue weighted by molar-refractivity contribution is 5.88. The van der Waals surface area contributed by atoms with Gasteiger partial charge >= 0.3 is 6.09 Å². The van der Waals surface area contributed by atoms with Crippen molar-refractivity contribution in [1.82, 2.24) is 19.8 Å². The van der Waals surface area contributed by atoms with Gasteiger partial charge < -0.3 is 33.6 Å². The largest absolute Gasteiger partial charge is 0.486 e. The Labute approximate surface area is 248 Å². The van der Waals surface area contributed by atoms with Crippen LogP contribution in [0.1, 0.15) is 44.9 Å². The number of aromatic nitrogens is 2. The van der Waals surface area contributed by atoms with E-state index in [1.807, 2.05) is 26.8 Å². The van der Waals surface area contributed by atoms with Gasteiger partial charge in [0.2, 0.25) is 0 Å². The molecule has 11 nitrogen and oxygen atoms in total. The van der Waals surface area contributed by atoms with E-state index in [0.29, 0.717) is 98.5 Å². The number of nitrogens with one attached hydrogen (secondary N) is 1. The second-order valence-corrected chi connectivity index (χ2v) is 12.0. The molecule has 0 saturated carbocycles.